The van der Waals surface area contributed by atoms with Crippen molar-refractivity contribution in [2.24, 2.45) is 10.9 Å². The minimum atomic E-state index is -0.200. The second-order valence-corrected chi connectivity index (χ2v) is 13.3. The van der Waals surface area contributed by atoms with Crippen molar-refractivity contribution in [2.45, 2.75) is 159 Å². The number of guanidine groups is 2. The monoisotopic (exact) mass is 541 g/mol. The van der Waals surface area contributed by atoms with Gasteiger partial charge in [-0.2, -0.15) is 0 Å². The summed E-state index contributed by atoms with van der Waals surface area (Å²) in [6.45, 7) is 6.36. The third-order valence-electron chi connectivity index (χ3n) is 10.3. The molecule has 6 aliphatic rings. The van der Waals surface area contributed by atoms with E-state index in [9.17, 15) is 9.59 Å². The molecule has 0 radical (unpaired) electrons. The summed E-state index contributed by atoms with van der Waals surface area (Å²) in [7, 11) is 0. The van der Waals surface area contributed by atoms with E-state index in [0.717, 1.165) is 37.7 Å². The van der Waals surface area contributed by atoms with Crippen LogP contribution in [0.25, 0.3) is 0 Å². The summed E-state index contributed by atoms with van der Waals surface area (Å²) >= 11 is 0. The molecular formula is C30H49N6O3+. The van der Waals surface area contributed by atoms with E-state index >= 15 is 0 Å². The third kappa shape index (κ3) is 5.51. The second-order valence-electron chi connectivity index (χ2n) is 13.3. The normalized spacial score (nSPS) is 37.3. The molecule has 9 nitrogen and oxygen atoms in total. The number of rotatable bonds is 10. The molecule has 216 valence electrons. The highest BCUT2D eigenvalue weighted by Gasteiger charge is 2.53. The van der Waals surface area contributed by atoms with Crippen LogP contribution < -0.4 is 16.0 Å². The highest BCUT2D eigenvalue weighted by molar-refractivity contribution is 5.97. The molecule has 1 amide bonds. The third-order valence-corrected chi connectivity index (χ3v) is 10.3. The van der Waals surface area contributed by atoms with Crippen molar-refractivity contribution in [3.05, 3.63) is 0 Å². The number of hydrogen-bond donors (Lipinski definition) is 3. The van der Waals surface area contributed by atoms with Gasteiger partial charge in [0, 0.05) is 18.1 Å². The van der Waals surface area contributed by atoms with Crippen LogP contribution in [0.3, 0.4) is 0 Å². The maximum Gasteiger partial charge on any atom is 0.353 e. The molecule has 1 unspecified atom stereocenters. The fraction of sp³-hybridized carbons (Fsp3) is 0.867. The molecule has 0 aromatic rings. The molecule has 0 bridgehead atoms. The van der Waals surface area contributed by atoms with Crippen molar-refractivity contribution in [3.8, 4) is 0 Å². The van der Waals surface area contributed by atoms with E-state index in [4.69, 9.17) is 9.73 Å². The van der Waals surface area contributed by atoms with Crippen molar-refractivity contribution >= 4 is 23.8 Å². The minimum absolute atomic E-state index is 0.0529. The van der Waals surface area contributed by atoms with E-state index in [1.165, 1.54) is 63.7 Å². The first-order valence-corrected chi connectivity index (χ1v) is 15.9. The average molecular weight is 542 g/mol. The number of carbonyl (C=O) groups is 2. The predicted molar refractivity (Wildman–Crippen MR) is 151 cm³/mol. The number of aliphatic imine (C=N–C) groups is 1. The summed E-state index contributed by atoms with van der Waals surface area (Å²) in [6, 6.07) is 2.73. The van der Waals surface area contributed by atoms with Crippen molar-refractivity contribution < 1.29 is 18.9 Å². The fourth-order valence-electron chi connectivity index (χ4n) is 8.42. The van der Waals surface area contributed by atoms with Gasteiger partial charge in [0.15, 0.2) is 5.96 Å². The number of nitrogens with zero attached hydrogens (tertiary/aromatic N) is 3. The number of nitrogens with one attached hydrogen (secondary N) is 3. The van der Waals surface area contributed by atoms with Gasteiger partial charge < -0.3 is 15.0 Å². The summed E-state index contributed by atoms with van der Waals surface area (Å²) < 4.78 is 8.21. The van der Waals surface area contributed by atoms with Crippen LogP contribution >= 0.6 is 0 Å². The number of hydrogen-bond acceptors (Lipinski definition) is 7. The lowest BCUT2D eigenvalue weighted by atomic mass is 9.90. The minimum Gasteiger partial charge on any atom is -0.462 e. The quantitative estimate of drug-likeness (QED) is 0.224. The van der Waals surface area contributed by atoms with Gasteiger partial charge in [-0.15, -0.1) is 0 Å². The fourth-order valence-corrected chi connectivity index (χ4v) is 8.42. The molecule has 9 heteroatoms. The summed E-state index contributed by atoms with van der Waals surface area (Å²) in [6.07, 6.45) is 15.7. The lowest BCUT2D eigenvalue weighted by molar-refractivity contribution is -0.594. The van der Waals surface area contributed by atoms with Gasteiger partial charge in [0.2, 0.25) is 0 Å². The summed E-state index contributed by atoms with van der Waals surface area (Å²) in [5.41, 5.74) is 0. The Labute approximate surface area is 233 Å². The number of unbranched alkanes of at least 4 members (excludes halogenated alkanes) is 4. The molecule has 0 aliphatic carbocycles. The number of amides is 1. The van der Waals surface area contributed by atoms with E-state index in [2.05, 4.69) is 32.3 Å². The molecule has 39 heavy (non-hydrogen) atoms. The SMILES string of the molecule is CC(CCCCCCC[C@@H]1C[C@@H]2CC[C@@H]3C[C@H](C)NC(=N1)N32)OC(=O)[C@H]1[C@@H](C)NC2=[N+]3[C@@H](CC[C@@H]13)CC(=O)N2. The van der Waals surface area contributed by atoms with E-state index in [0.29, 0.717) is 24.5 Å². The van der Waals surface area contributed by atoms with E-state index in [-0.39, 0.29) is 42.0 Å². The number of esters is 1. The molecular weight excluding hydrogens is 492 g/mol. The largest absolute Gasteiger partial charge is 0.462 e. The average Bonchev–Trinajstić information content (AvgIpc) is 3.48. The molecule has 3 N–H and O–H groups in total. The van der Waals surface area contributed by atoms with E-state index < -0.39 is 0 Å². The summed E-state index contributed by atoms with van der Waals surface area (Å²) in [5, 5.41) is 9.99. The van der Waals surface area contributed by atoms with Gasteiger partial charge in [-0.1, -0.05) is 25.7 Å². The smallest absolute Gasteiger partial charge is 0.353 e. The van der Waals surface area contributed by atoms with Crippen LogP contribution in [0.15, 0.2) is 4.99 Å². The van der Waals surface area contributed by atoms with Gasteiger partial charge >= 0.3 is 11.9 Å². The van der Waals surface area contributed by atoms with Gasteiger partial charge in [0.05, 0.1) is 36.7 Å². The van der Waals surface area contributed by atoms with Crippen LogP contribution in [0, 0.1) is 5.92 Å². The molecule has 6 rings (SSSR count). The Kier molecular flexibility index (Phi) is 7.77. The Morgan fingerprint density at radius 2 is 1.82 bits per heavy atom. The summed E-state index contributed by atoms with van der Waals surface area (Å²) in [5.74, 6) is 1.75. The van der Waals surface area contributed by atoms with Crippen LogP contribution in [0.1, 0.15) is 111 Å². The molecule has 6 aliphatic heterocycles. The standard InChI is InChI=1S/C30H48N6O3/c1-18-15-22-11-12-23-16-21(33-29(31-18)35(22)23)10-8-6-4-5-7-9-19(2)39-28(38)27-20(3)32-30-34-26(37)17-24-13-14-25(27)36(24)30/h18-25,27H,4-17H2,1-3H3,(H2,31,32,33,34,37)/p+1/t18-,19?,20+,21+,22+,23-,24-,25-,27-/m0/s1. The zero-order chi connectivity index (χ0) is 27.1. The Hall–Kier alpha value is -2.32. The Balaban J connectivity index is 0.883. The topological polar surface area (TPSA) is 98.1 Å². The van der Waals surface area contributed by atoms with Crippen LogP contribution in [0.5, 0.6) is 0 Å². The molecule has 0 spiro atoms. The molecule has 0 saturated carbocycles. The first-order chi connectivity index (χ1) is 18.9. The first kappa shape index (κ1) is 26.9. The van der Waals surface area contributed by atoms with Crippen molar-refractivity contribution in [3.63, 3.8) is 0 Å². The van der Waals surface area contributed by atoms with Crippen molar-refractivity contribution in [1.82, 2.24) is 20.9 Å². The second kappa shape index (κ2) is 11.3. The molecule has 9 atom stereocenters. The zero-order valence-electron chi connectivity index (χ0n) is 24.2. The molecule has 6 heterocycles. The highest BCUT2D eigenvalue weighted by atomic mass is 16.5. The molecule has 3 fully saturated rings. The number of carbonyl (C=O) groups excluding carboxylic acids is 2. The Morgan fingerprint density at radius 1 is 1.05 bits per heavy atom. The van der Waals surface area contributed by atoms with Gasteiger partial charge in [-0.3, -0.25) is 19.5 Å². The van der Waals surface area contributed by atoms with E-state index in [1.54, 1.807) is 0 Å². The molecule has 3 saturated heterocycles. The Morgan fingerprint density at radius 3 is 2.67 bits per heavy atom. The Bertz CT molecular complexity index is 1010. The maximum atomic E-state index is 13.2. The lowest BCUT2D eigenvalue weighted by Gasteiger charge is -2.44. The van der Waals surface area contributed by atoms with Crippen LogP contribution in [0.2, 0.25) is 0 Å². The van der Waals surface area contributed by atoms with Crippen molar-refractivity contribution in [2.75, 3.05) is 0 Å². The first-order valence-electron chi connectivity index (χ1n) is 15.9. The van der Waals surface area contributed by atoms with Gasteiger partial charge in [0.25, 0.3) is 5.91 Å². The van der Waals surface area contributed by atoms with Gasteiger partial charge in [-0.05, 0) is 78.6 Å². The zero-order valence-corrected chi connectivity index (χ0v) is 24.2. The summed E-state index contributed by atoms with van der Waals surface area (Å²) in [4.78, 5) is 33.0. The van der Waals surface area contributed by atoms with Crippen LogP contribution in [-0.4, -0.2) is 81.7 Å². The highest BCUT2D eigenvalue weighted by Crippen LogP contribution is 2.37. The van der Waals surface area contributed by atoms with Crippen LogP contribution in [0.4, 0.5) is 0 Å². The molecule has 0 aromatic heterocycles. The maximum absolute atomic E-state index is 13.2. The number of ether oxygens (including phenoxy) is 1. The van der Waals surface area contributed by atoms with E-state index in [1.807, 2.05) is 13.8 Å². The predicted octanol–water partition coefficient (Wildman–Crippen LogP) is 3.02. The van der Waals surface area contributed by atoms with Gasteiger partial charge in [-0.25, -0.2) is 10.3 Å². The van der Waals surface area contributed by atoms with Crippen molar-refractivity contribution in [1.29, 1.82) is 0 Å². The van der Waals surface area contributed by atoms with Gasteiger partial charge in [0.1, 0.15) is 5.92 Å². The lowest BCUT2D eigenvalue weighted by Crippen LogP contribution is -2.65. The van der Waals surface area contributed by atoms with Crippen LogP contribution in [-0.2, 0) is 14.3 Å². The molecule has 0 aromatic carbocycles.